The third kappa shape index (κ3) is 2.49. The maximum atomic E-state index is 6.06. The maximum absolute atomic E-state index is 6.06. The Balaban J connectivity index is 2.31. The Hall–Kier alpha value is -1.36. The van der Waals surface area contributed by atoms with Gasteiger partial charge in [0, 0.05) is 0 Å². The van der Waals surface area contributed by atoms with Gasteiger partial charge in [-0.3, -0.25) is 0 Å². The van der Waals surface area contributed by atoms with Gasteiger partial charge in [-0.1, -0.05) is 6.92 Å². The minimum Gasteiger partial charge on any atom is -0.493 e. The molecule has 1 unspecified atom stereocenters. The van der Waals surface area contributed by atoms with Gasteiger partial charge in [-0.15, -0.1) is 0 Å². The normalized spacial score (nSPS) is 16.6. The zero-order chi connectivity index (χ0) is 12.5. The second-order valence-electron chi connectivity index (χ2n) is 4.38. The van der Waals surface area contributed by atoms with E-state index in [-0.39, 0.29) is 6.79 Å². The lowest BCUT2D eigenvalue weighted by atomic mass is 9.75. The zero-order valence-corrected chi connectivity index (χ0v) is 10.4. The first-order valence-corrected chi connectivity index (χ1v) is 5.50. The van der Waals surface area contributed by atoms with Gasteiger partial charge >= 0.3 is 0 Å². The van der Waals surface area contributed by atoms with Crippen LogP contribution in [0.2, 0.25) is 0 Å². The summed E-state index contributed by atoms with van der Waals surface area (Å²) in [6.45, 7) is 2.17. The summed E-state index contributed by atoms with van der Waals surface area (Å²) < 4.78 is 16.0. The van der Waals surface area contributed by atoms with Gasteiger partial charge in [0.15, 0.2) is 11.5 Å². The van der Waals surface area contributed by atoms with Gasteiger partial charge in [0.05, 0.1) is 15.0 Å². The summed E-state index contributed by atoms with van der Waals surface area (Å²) in [5, 5.41) is 3.06. The van der Waals surface area contributed by atoms with E-state index in [4.69, 9.17) is 22.1 Å². The Morgan fingerprint density at radius 2 is 2.24 bits per heavy atom. The summed E-state index contributed by atoms with van der Waals surface area (Å²) >= 11 is 0. The molecular weight excluding hydrogens is 217 g/mol. The van der Waals surface area contributed by atoms with E-state index in [9.17, 15) is 0 Å². The summed E-state index contributed by atoms with van der Waals surface area (Å²) in [4.78, 5) is 0. The van der Waals surface area contributed by atoms with Crippen LogP contribution in [0.25, 0.3) is 0 Å². The average Bonchev–Trinajstić information content (AvgIpc) is 2.75. The van der Waals surface area contributed by atoms with Gasteiger partial charge in [0.1, 0.15) is 0 Å². The number of nitrogens with one attached hydrogen (secondary N) is 1. The molecule has 1 atom stereocenters. The molecule has 2 rings (SSSR count). The number of rotatable bonds is 4. The molecule has 4 nitrogen and oxygen atoms in total. The van der Waals surface area contributed by atoms with Crippen molar-refractivity contribution in [2.24, 2.45) is 0 Å². The van der Waals surface area contributed by atoms with Crippen LogP contribution in [0.5, 0.6) is 17.2 Å². The van der Waals surface area contributed by atoms with Crippen LogP contribution in [0.3, 0.4) is 0 Å². The van der Waals surface area contributed by atoms with Crippen molar-refractivity contribution < 1.29 is 14.2 Å². The fourth-order valence-electron chi connectivity index (χ4n) is 1.80. The molecule has 5 heteroatoms. The van der Waals surface area contributed by atoms with Crippen LogP contribution in [0, 0.1) is 0 Å². The van der Waals surface area contributed by atoms with Gasteiger partial charge in [-0.2, -0.15) is 0 Å². The molecule has 1 aliphatic heterocycles. The number of benzene rings is 1. The molecule has 0 amide bonds. The number of fused-ring (bicyclic) bond motifs is 1. The smallest absolute Gasteiger partial charge is 0.231 e. The molecule has 0 saturated heterocycles. The summed E-state index contributed by atoms with van der Waals surface area (Å²) in [5.74, 6) is 2.06. The lowest BCUT2D eigenvalue weighted by molar-refractivity contribution is 0.171. The van der Waals surface area contributed by atoms with Crippen molar-refractivity contribution >= 4 is 7.85 Å². The zero-order valence-electron chi connectivity index (χ0n) is 10.4. The molecule has 0 aromatic heterocycles. The van der Waals surface area contributed by atoms with Crippen molar-refractivity contribution in [3.05, 3.63) is 17.7 Å². The SMILES string of the molecule is [B]C(C)(Cc1cc(OC)c2c(c1)OCO2)NC. The van der Waals surface area contributed by atoms with E-state index < -0.39 is 5.44 Å². The Bertz CT molecular complexity index is 420. The standard InChI is InChI=1S/C12H16BNO3/c1-12(13,14-2)6-8-4-9(15-3)11-10(5-8)16-7-17-11/h4-5,14H,6-7H2,1-3H3. The first-order valence-electron chi connectivity index (χ1n) is 5.50. The Labute approximate surface area is 103 Å². The van der Waals surface area contributed by atoms with Crippen molar-refractivity contribution in [3.8, 4) is 17.2 Å². The van der Waals surface area contributed by atoms with Crippen LogP contribution in [0.15, 0.2) is 12.1 Å². The number of hydrogen-bond acceptors (Lipinski definition) is 4. The first kappa shape index (κ1) is 12.1. The van der Waals surface area contributed by atoms with Crippen molar-refractivity contribution in [2.75, 3.05) is 21.0 Å². The average molecular weight is 233 g/mol. The van der Waals surface area contributed by atoms with E-state index in [1.807, 2.05) is 26.1 Å². The monoisotopic (exact) mass is 233 g/mol. The largest absolute Gasteiger partial charge is 0.493 e. The van der Waals surface area contributed by atoms with Crippen LogP contribution in [-0.2, 0) is 6.42 Å². The summed E-state index contributed by atoms with van der Waals surface area (Å²) in [7, 11) is 9.51. The van der Waals surface area contributed by atoms with Gasteiger partial charge in [-0.05, 0) is 36.6 Å². The molecule has 1 aromatic rings. The second kappa shape index (κ2) is 4.49. The van der Waals surface area contributed by atoms with Crippen molar-refractivity contribution in [2.45, 2.75) is 18.8 Å². The van der Waals surface area contributed by atoms with Crippen LogP contribution >= 0.6 is 0 Å². The molecule has 0 saturated carbocycles. The van der Waals surface area contributed by atoms with E-state index in [0.717, 1.165) is 5.56 Å². The van der Waals surface area contributed by atoms with E-state index in [1.54, 1.807) is 7.11 Å². The van der Waals surface area contributed by atoms with Crippen LogP contribution in [0.1, 0.15) is 12.5 Å². The number of likely N-dealkylation sites (N-methyl/N-ethyl adjacent to an activating group) is 1. The highest BCUT2D eigenvalue weighted by Crippen LogP contribution is 2.42. The van der Waals surface area contributed by atoms with Gasteiger partial charge < -0.3 is 19.5 Å². The van der Waals surface area contributed by atoms with Gasteiger partial charge in [-0.25, -0.2) is 0 Å². The van der Waals surface area contributed by atoms with Crippen molar-refractivity contribution in [1.82, 2.24) is 5.32 Å². The Morgan fingerprint density at radius 1 is 1.47 bits per heavy atom. The summed E-state index contributed by atoms with van der Waals surface area (Å²) in [5.41, 5.74) is 0.587. The molecule has 1 aromatic carbocycles. The Morgan fingerprint density at radius 3 is 2.88 bits per heavy atom. The van der Waals surface area contributed by atoms with E-state index in [0.29, 0.717) is 23.7 Å². The predicted molar refractivity (Wildman–Crippen MR) is 66.0 cm³/mol. The topological polar surface area (TPSA) is 39.7 Å². The number of ether oxygens (including phenoxy) is 3. The molecule has 0 spiro atoms. The van der Waals surface area contributed by atoms with E-state index >= 15 is 0 Å². The molecule has 0 aliphatic carbocycles. The lowest BCUT2D eigenvalue weighted by Crippen LogP contribution is -2.42. The van der Waals surface area contributed by atoms with Gasteiger partial charge in [0.2, 0.25) is 12.5 Å². The fraction of sp³-hybridized carbons (Fsp3) is 0.500. The summed E-state index contributed by atoms with van der Waals surface area (Å²) in [6, 6.07) is 3.86. The molecular formula is C12H16BNO3. The second-order valence-corrected chi connectivity index (χ2v) is 4.38. The molecule has 1 aliphatic rings. The molecule has 2 radical (unpaired) electrons. The molecule has 17 heavy (non-hydrogen) atoms. The van der Waals surface area contributed by atoms with E-state index in [2.05, 4.69) is 5.32 Å². The lowest BCUT2D eigenvalue weighted by Gasteiger charge is -2.25. The minimum atomic E-state index is -0.460. The predicted octanol–water partition coefficient (Wildman–Crippen LogP) is 1.07. The molecule has 1 heterocycles. The first-order chi connectivity index (χ1) is 8.05. The Kier molecular flexibility index (Phi) is 3.20. The number of hydrogen-bond donors (Lipinski definition) is 1. The van der Waals surface area contributed by atoms with Crippen molar-refractivity contribution in [1.29, 1.82) is 0 Å². The van der Waals surface area contributed by atoms with Crippen LogP contribution in [-0.4, -0.2) is 34.2 Å². The highest BCUT2D eigenvalue weighted by Gasteiger charge is 2.22. The molecule has 90 valence electrons. The van der Waals surface area contributed by atoms with Gasteiger partial charge in [0.25, 0.3) is 0 Å². The maximum Gasteiger partial charge on any atom is 0.231 e. The summed E-state index contributed by atoms with van der Waals surface area (Å²) in [6.07, 6.45) is 0.677. The molecule has 0 bridgehead atoms. The molecule has 1 N–H and O–H groups in total. The fourth-order valence-corrected chi connectivity index (χ4v) is 1.80. The third-order valence-electron chi connectivity index (χ3n) is 2.86. The van der Waals surface area contributed by atoms with Crippen molar-refractivity contribution in [3.63, 3.8) is 0 Å². The third-order valence-corrected chi connectivity index (χ3v) is 2.86. The number of methoxy groups -OCH3 is 1. The molecule has 0 fully saturated rings. The van der Waals surface area contributed by atoms with Crippen LogP contribution in [0.4, 0.5) is 0 Å². The quantitative estimate of drug-likeness (QED) is 0.789. The minimum absolute atomic E-state index is 0.237. The highest BCUT2D eigenvalue weighted by molar-refractivity contribution is 6.15. The van der Waals surface area contributed by atoms with Crippen LogP contribution < -0.4 is 19.5 Å². The highest BCUT2D eigenvalue weighted by atomic mass is 16.7. The van der Waals surface area contributed by atoms with E-state index in [1.165, 1.54) is 0 Å².